The van der Waals surface area contributed by atoms with Crippen LogP contribution >= 0.6 is 0 Å². The third-order valence-corrected chi connectivity index (χ3v) is 4.20. The van der Waals surface area contributed by atoms with Crippen LogP contribution in [0, 0.1) is 0 Å². The highest BCUT2D eigenvalue weighted by Crippen LogP contribution is 2.17. The Balaban J connectivity index is 2.80. The molecule has 0 aromatic rings. The van der Waals surface area contributed by atoms with Gasteiger partial charge in [0.15, 0.2) is 9.84 Å². The Bertz CT molecular complexity index is 256. The molecule has 0 spiro atoms. The van der Waals surface area contributed by atoms with Crippen molar-refractivity contribution in [3.05, 3.63) is 0 Å². The zero-order valence-electron chi connectivity index (χ0n) is 7.92. The number of rotatable bonds is 1. The van der Waals surface area contributed by atoms with E-state index in [0.29, 0.717) is 5.75 Å². The van der Waals surface area contributed by atoms with Crippen LogP contribution in [0.5, 0.6) is 0 Å². The molecule has 1 aliphatic heterocycles. The molecule has 1 N–H and O–H groups in total. The maximum Gasteiger partial charge on any atom is 0.153 e. The van der Waals surface area contributed by atoms with E-state index in [1.165, 1.54) is 0 Å². The Morgan fingerprint density at radius 1 is 1.50 bits per heavy atom. The lowest BCUT2D eigenvalue weighted by atomic mass is 10.1. The molecule has 1 fully saturated rings. The zero-order chi connectivity index (χ0) is 9.41. The lowest BCUT2D eigenvalue weighted by Crippen LogP contribution is -2.57. The lowest BCUT2D eigenvalue weighted by molar-refractivity contribution is 0.349. The molecule has 3 nitrogen and oxygen atoms in total. The highest BCUT2D eigenvalue weighted by atomic mass is 32.2. The molecule has 4 heteroatoms. The third-order valence-electron chi connectivity index (χ3n) is 2.12. The standard InChI is InChI=1S/C8H17NO2S/c1-4-7-5-12(10,11)6-8(2,3)9-7/h7,9H,4-6H2,1-3H3. The van der Waals surface area contributed by atoms with Gasteiger partial charge in [0.2, 0.25) is 0 Å². The second kappa shape index (κ2) is 3.00. The number of nitrogens with one attached hydrogen (secondary N) is 1. The molecule has 1 aliphatic rings. The van der Waals surface area contributed by atoms with Gasteiger partial charge >= 0.3 is 0 Å². The first kappa shape index (κ1) is 9.99. The molecule has 12 heavy (non-hydrogen) atoms. The average Bonchev–Trinajstić information content (AvgIpc) is 1.80. The van der Waals surface area contributed by atoms with Crippen LogP contribution in [-0.4, -0.2) is 31.5 Å². The van der Waals surface area contributed by atoms with Gasteiger partial charge in [-0.3, -0.25) is 0 Å². The summed E-state index contributed by atoms with van der Waals surface area (Å²) in [5, 5.41) is 3.32. The predicted molar refractivity (Wildman–Crippen MR) is 49.9 cm³/mol. The molecule has 0 bridgehead atoms. The van der Waals surface area contributed by atoms with E-state index in [-0.39, 0.29) is 17.3 Å². The first-order valence-electron chi connectivity index (χ1n) is 4.33. The summed E-state index contributed by atoms with van der Waals surface area (Å²) in [6.45, 7) is 5.88. The Kier molecular flexibility index (Phi) is 2.50. The molecular formula is C8H17NO2S. The molecule has 0 amide bonds. The van der Waals surface area contributed by atoms with E-state index in [2.05, 4.69) is 5.32 Å². The van der Waals surface area contributed by atoms with Gasteiger partial charge < -0.3 is 5.32 Å². The van der Waals surface area contributed by atoms with Crippen LogP contribution in [-0.2, 0) is 9.84 Å². The van der Waals surface area contributed by atoms with Gasteiger partial charge in [-0.25, -0.2) is 8.42 Å². The van der Waals surface area contributed by atoms with Gasteiger partial charge in [0.1, 0.15) is 0 Å². The molecule has 0 aromatic heterocycles. The average molecular weight is 191 g/mol. The fraction of sp³-hybridized carbons (Fsp3) is 1.00. The maximum atomic E-state index is 11.4. The smallest absolute Gasteiger partial charge is 0.153 e. The number of hydrogen-bond acceptors (Lipinski definition) is 3. The number of hydrogen-bond donors (Lipinski definition) is 1. The van der Waals surface area contributed by atoms with Crippen LogP contribution in [0.25, 0.3) is 0 Å². The van der Waals surface area contributed by atoms with Gasteiger partial charge in [0, 0.05) is 11.6 Å². The van der Waals surface area contributed by atoms with Crippen molar-refractivity contribution in [2.75, 3.05) is 11.5 Å². The second-order valence-corrected chi connectivity index (χ2v) is 6.30. The van der Waals surface area contributed by atoms with Crippen LogP contribution in [0.1, 0.15) is 27.2 Å². The molecule has 1 rings (SSSR count). The van der Waals surface area contributed by atoms with Crippen molar-refractivity contribution < 1.29 is 8.42 Å². The summed E-state index contributed by atoms with van der Waals surface area (Å²) in [7, 11) is -2.81. The van der Waals surface area contributed by atoms with Gasteiger partial charge in [0.05, 0.1) is 11.5 Å². The molecule has 0 radical (unpaired) electrons. The molecule has 1 atom stereocenters. The topological polar surface area (TPSA) is 46.2 Å². The normalized spacial score (nSPS) is 33.1. The van der Waals surface area contributed by atoms with Crippen molar-refractivity contribution >= 4 is 9.84 Å². The molecule has 1 heterocycles. The highest BCUT2D eigenvalue weighted by Gasteiger charge is 2.35. The van der Waals surface area contributed by atoms with Crippen LogP contribution < -0.4 is 5.32 Å². The van der Waals surface area contributed by atoms with E-state index >= 15 is 0 Å². The third kappa shape index (κ3) is 2.45. The van der Waals surface area contributed by atoms with Gasteiger partial charge in [-0.2, -0.15) is 0 Å². The van der Waals surface area contributed by atoms with E-state index in [4.69, 9.17) is 0 Å². The highest BCUT2D eigenvalue weighted by molar-refractivity contribution is 7.91. The zero-order valence-corrected chi connectivity index (χ0v) is 8.74. The van der Waals surface area contributed by atoms with Crippen molar-refractivity contribution in [3.63, 3.8) is 0 Å². The molecular weight excluding hydrogens is 174 g/mol. The second-order valence-electron chi connectivity index (χ2n) is 4.19. The van der Waals surface area contributed by atoms with Crippen molar-refractivity contribution in [1.29, 1.82) is 0 Å². The first-order valence-corrected chi connectivity index (χ1v) is 6.15. The monoisotopic (exact) mass is 191 g/mol. The van der Waals surface area contributed by atoms with Crippen LogP contribution in [0.4, 0.5) is 0 Å². The fourth-order valence-electron chi connectivity index (χ4n) is 1.77. The van der Waals surface area contributed by atoms with E-state index in [9.17, 15) is 8.42 Å². The summed E-state index contributed by atoms with van der Waals surface area (Å²) in [5.74, 6) is 0.559. The largest absolute Gasteiger partial charge is 0.307 e. The van der Waals surface area contributed by atoms with Crippen molar-refractivity contribution in [3.8, 4) is 0 Å². The Morgan fingerprint density at radius 3 is 2.50 bits per heavy atom. The summed E-state index contributed by atoms with van der Waals surface area (Å²) in [5.41, 5.74) is -0.252. The van der Waals surface area contributed by atoms with Crippen molar-refractivity contribution in [2.45, 2.75) is 38.8 Å². The lowest BCUT2D eigenvalue weighted by Gasteiger charge is -2.36. The van der Waals surface area contributed by atoms with E-state index in [1.54, 1.807) is 0 Å². The van der Waals surface area contributed by atoms with Crippen molar-refractivity contribution in [2.24, 2.45) is 0 Å². The summed E-state index contributed by atoms with van der Waals surface area (Å²) in [4.78, 5) is 0. The minimum Gasteiger partial charge on any atom is -0.307 e. The molecule has 1 unspecified atom stereocenters. The summed E-state index contributed by atoms with van der Waals surface area (Å²) in [6.07, 6.45) is 0.878. The molecule has 0 aromatic carbocycles. The minimum absolute atomic E-state index is 0.138. The van der Waals surface area contributed by atoms with E-state index < -0.39 is 9.84 Å². The quantitative estimate of drug-likeness (QED) is 0.659. The summed E-state index contributed by atoms with van der Waals surface area (Å²) < 4.78 is 22.8. The van der Waals surface area contributed by atoms with Gasteiger partial charge in [0.25, 0.3) is 0 Å². The molecule has 0 saturated carbocycles. The number of sulfone groups is 1. The summed E-state index contributed by atoms with van der Waals surface area (Å²) >= 11 is 0. The van der Waals surface area contributed by atoms with Crippen LogP contribution in [0.2, 0.25) is 0 Å². The fourth-order valence-corrected chi connectivity index (χ4v) is 4.00. The van der Waals surface area contributed by atoms with Crippen LogP contribution in [0.3, 0.4) is 0 Å². The van der Waals surface area contributed by atoms with E-state index in [1.807, 2.05) is 20.8 Å². The first-order chi connectivity index (χ1) is 5.35. The van der Waals surface area contributed by atoms with Crippen molar-refractivity contribution in [1.82, 2.24) is 5.32 Å². The molecule has 0 aliphatic carbocycles. The summed E-state index contributed by atoms with van der Waals surface area (Å²) in [6, 6.07) is 0.138. The Hall–Kier alpha value is -0.0900. The molecule has 1 saturated heterocycles. The minimum atomic E-state index is -2.81. The van der Waals surface area contributed by atoms with Gasteiger partial charge in [-0.15, -0.1) is 0 Å². The Labute approximate surface area is 74.5 Å². The Morgan fingerprint density at radius 2 is 2.08 bits per heavy atom. The van der Waals surface area contributed by atoms with E-state index in [0.717, 1.165) is 6.42 Å². The van der Waals surface area contributed by atoms with Crippen LogP contribution in [0.15, 0.2) is 0 Å². The van der Waals surface area contributed by atoms with Gasteiger partial charge in [-0.05, 0) is 20.3 Å². The molecule has 72 valence electrons. The predicted octanol–water partition coefficient (Wildman–Crippen LogP) is 0.562. The van der Waals surface area contributed by atoms with Gasteiger partial charge in [-0.1, -0.05) is 6.92 Å². The SMILES string of the molecule is CCC1CS(=O)(=O)CC(C)(C)N1. The maximum absolute atomic E-state index is 11.4.